The molecular formula is C21H30N4O2. The Labute approximate surface area is 161 Å². The number of likely N-dealkylation sites (tertiary alicyclic amines) is 1. The number of ether oxygens (including phenoxy) is 1. The van der Waals surface area contributed by atoms with Crippen molar-refractivity contribution >= 4 is 17.5 Å². The van der Waals surface area contributed by atoms with Gasteiger partial charge in [-0.1, -0.05) is 6.42 Å². The smallest absolute Gasteiger partial charge is 0.322 e. The molecule has 1 atom stereocenters. The SMILES string of the molecule is O=C(Nc1ccc(N2CCCC2)nc1)N1CC2(CCC2)C1C1CCOCC1. The topological polar surface area (TPSA) is 57.7 Å². The monoisotopic (exact) mass is 370 g/mol. The Hall–Kier alpha value is -1.82. The Bertz CT molecular complexity index is 676. The van der Waals surface area contributed by atoms with Crippen LogP contribution in [0, 0.1) is 11.3 Å². The summed E-state index contributed by atoms with van der Waals surface area (Å²) in [7, 11) is 0. The van der Waals surface area contributed by atoms with Crippen molar-refractivity contribution in [2.24, 2.45) is 11.3 Å². The standard InChI is InChI=1S/C21H30N4O2/c26-20(23-17-4-5-18(22-14-17)24-10-1-2-11-24)25-15-21(8-3-9-21)19(25)16-6-12-27-13-7-16/h4-5,14,16,19H,1-3,6-13,15H2,(H,23,26). The van der Waals surface area contributed by atoms with Gasteiger partial charge in [0, 0.05) is 44.3 Å². The molecule has 0 radical (unpaired) electrons. The molecule has 0 bridgehead atoms. The summed E-state index contributed by atoms with van der Waals surface area (Å²) in [4.78, 5) is 21.9. The second kappa shape index (κ2) is 6.97. The van der Waals surface area contributed by atoms with E-state index in [0.29, 0.717) is 17.4 Å². The van der Waals surface area contributed by atoms with Gasteiger partial charge < -0.3 is 19.9 Å². The summed E-state index contributed by atoms with van der Waals surface area (Å²) in [6.45, 7) is 4.77. The molecule has 1 unspecified atom stereocenters. The van der Waals surface area contributed by atoms with E-state index >= 15 is 0 Å². The Morgan fingerprint density at radius 3 is 2.56 bits per heavy atom. The number of carbonyl (C=O) groups excluding carboxylic acids is 1. The zero-order chi connectivity index (χ0) is 18.3. The number of hydrogen-bond donors (Lipinski definition) is 1. The van der Waals surface area contributed by atoms with E-state index in [1.54, 1.807) is 6.20 Å². The number of nitrogens with zero attached hydrogens (tertiary/aromatic N) is 3. The molecule has 1 aromatic rings. The van der Waals surface area contributed by atoms with Crippen LogP contribution in [0.25, 0.3) is 0 Å². The zero-order valence-corrected chi connectivity index (χ0v) is 16.0. The molecule has 5 rings (SSSR count). The molecule has 2 amide bonds. The predicted molar refractivity (Wildman–Crippen MR) is 105 cm³/mol. The van der Waals surface area contributed by atoms with Crippen LogP contribution in [-0.4, -0.2) is 54.8 Å². The third kappa shape index (κ3) is 3.08. The van der Waals surface area contributed by atoms with Gasteiger partial charge in [-0.2, -0.15) is 0 Å². The summed E-state index contributed by atoms with van der Waals surface area (Å²) in [5, 5.41) is 3.09. The zero-order valence-electron chi connectivity index (χ0n) is 16.0. The van der Waals surface area contributed by atoms with Crippen molar-refractivity contribution < 1.29 is 9.53 Å². The first-order valence-electron chi connectivity index (χ1n) is 10.6. The van der Waals surface area contributed by atoms with Gasteiger partial charge in [0.1, 0.15) is 5.82 Å². The number of urea groups is 1. The maximum atomic E-state index is 13.0. The molecule has 3 saturated heterocycles. The second-order valence-electron chi connectivity index (χ2n) is 8.77. The van der Waals surface area contributed by atoms with Gasteiger partial charge in [-0.05, 0) is 56.6 Å². The first-order chi connectivity index (χ1) is 13.3. The van der Waals surface area contributed by atoms with Crippen LogP contribution in [0.3, 0.4) is 0 Å². The Kier molecular flexibility index (Phi) is 4.46. The molecule has 4 fully saturated rings. The Morgan fingerprint density at radius 2 is 1.93 bits per heavy atom. The van der Waals surface area contributed by atoms with Gasteiger partial charge in [-0.25, -0.2) is 9.78 Å². The molecule has 6 nitrogen and oxygen atoms in total. The quantitative estimate of drug-likeness (QED) is 0.885. The fourth-order valence-corrected chi connectivity index (χ4v) is 5.61. The van der Waals surface area contributed by atoms with Crippen LogP contribution in [0.15, 0.2) is 18.3 Å². The van der Waals surface area contributed by atoms with E-state index in [1.807, 2.05) is 12.1 Å². The van der Waals surface area contributed by atoms with Crippen LogP contribution in [0.1, 0.15) is 44.9 Å². The average Bonchev–Trinajstić information content (AvgIpc) is 3.16. The van der Waals surface area contributed by atoms with E-state index in [0.717, 1.165) is 57.2 Å². The van der Waals surface area contributed by atoms with Gasteiger partial charge in [0.2, 0.25) is 0 Å². The number of rotatable bonds is 3. The summed E-state index contributed by atoms with van der Waals surface area (Å²) in [5.74, 6) is 1.61. The van der Waals surface area contributed by atoms with Crippen molar-refractivity contribution in [1.29, 1.82) is 0 Å². The fraction of sp³-hybridized carbons (Fsp3) is 0.714. The van der Waals surface area contributed by atoms with Crippen molar-refractivity contribution in [2.75, 3.05) is 43.1 Å². The molecule has 1 spiro atoms. The van der Waals surface area contributed by atoms with Crippen molar-refractivity contribution in [1.82, 2.24) is 9.88 Å². The van der Waals surface area contributed by atoms with Gasteiger partial charge in [-0.15, -0.1) is 0 Å². The van der Waals surface area contributed by atoms with Crippen LogP contribution in [0.5, 0.6) is 0 Å². The molecule has 6 heteroatoms. The highest BCUT2D eigenvalue weighted by atomic mass is 16.5. The van der Waals surface area contributed by atoms with Crippen LogP contribution >= 0.6 is 0 Å². The van der Waals surface area contributed by atoms with Gasteiger partial charge in [-0.3, -0.25) is 0 Å². The minimum atomic E-state index is 0.0414. The number of amides is 2. The van der Waals surface area contributed by atoms with E-state index in [-0.39, 0.29) is 6.03 Å². The minimum absolute atomic E-state index is 0.0414. The highest BCUT2D eigenvalue weighted by molar-refractivity contribution is 5.90. The summed E-state index contributed by atoms with van der Waals surface area (Å²) in [6.07, 6.45) is 10.3. The molecule has 1 saturated carbocycles. The molecule has 27 heavy (non-hydrogen) atoms. The molecule has 3 aliphatic heterocycles. The first-order valence-corrected chi connectivity index (χ1v) is 10.6. The lowest BCUT2D eigenvalue weighted by atomic mass is 9.54. The van der Waals surface area contributed by atoms with Gasteiger partial charge in [0.25, 0.3) is 0 Å². The van der Waals surface area contributed by atoms with Crippen LogP contribution < -0.4 is 10.2 Å². The Morgan fingerprint density at radius 1 is 1.15 bits per heavy atom. The second-order valence-corrected chi connectivity index (χ2v) is 8.77. The van der Waals surface area contributed by atoms with Crippen LogP contribution in [-0.2, 0) is 4.74 Å². The summed E-state index contributed by atoms with van der Waals surface area (Å²) in [6, 6.07) is 4.45. The lowest BCUT2D eigenvalue weighted by molar-refractivity contribution is -0.135. The normalized spacial score (nSPS) is 27.3. The maximum absolute atomic E-state index is 13.0. The third-order valence-electron chi connectivity index (χ3n) is 7.20. The molecule has 4 heterocycles. The third-order valence-corrected chi connectivity index (χ3v) is 7.20. The highest BCUT2D eigenvalue weighted by Gasteiger charge is 2.59. The molecule has 0 aromatic carbocycles. The minimum Gasteiger partial charge on any atom is -0.381 e. The van der Waals surface area contributed by atoms with Crippen molar-refractivity contribution in [2.45, 2.75) is 51.0 Å². The number of aromatic nitrogens is 1. The largest absolute Gasteiger partial charge is 0.381 e. The molecule has 1 aromatic heterocycles. The summed E-state index contributed by atoms with van der Waals surface area (Å²) < 4.78 is 5.55. The lowest BCUT2D eigenvalue weighted by Crippen LogP contribution is -2.72. The lowest BCUT2D eigenvalue weighted by Gasteiger charge is -2.64. The van der Waals surface area contributed by atoms with E-state index in [4.69, 9.17) is 4.74 Å². The molecule has 4 aliphatic rings. The molecule has 146 valence electrons. The van der Waals surface area contributed by atoms with Crippen molar-refractivity contribution in [3.63, 3.8) is 0 Å². The van der Waals surface area contributed by atoms with Gasteiger partial charge in [0.15, 0.2) is 0 Å². The number of carbonyl (C=O) groups is 1. The van der Waals surface area contributed by atoms with E-state index < -0.39 is 0 Å². The van der Waals surface area contributed by atoms with E-state index in [9.17, 15) is 4.79 Å². The number of anilines is 2. The molecule has 1 aliphatic carbocycles. The number of nitrogens with one attached hydrogen (secondary N) is 1. The van der Waals surface area contributed by atoms with Crippen molar-refractivity contribution in [3.05, 3.63) is 18.3 Å². The van der Waals surface area contributed by atoms with Crippen LogP contribution in [0.2, 0.25) is 0 Å². The Balaban J connectivity index is 1.24. The predicted octanol–water partition coefficient (Wildman–Crippen LogP) is 3.49. The summed E-state index contributed by atoms with van der Waals surface area (Å²) >= 11 is 0. The average molecular weight is 370 g/mol. The number of hydrogen-bond acceptors (Lipinski definition) is 4. The van der Waals surface area contributed by atoms with E-state index in [1.165, 1.54) is 32.1 Å². The molecule has 1 N–H and O–H groups in total. The fourth-order valence-electron chi connectivity index (χ4n) is 5.61. The van der Waals surface area contributed by atoms with Gasteiger partial charge in [0.05, 0.1) is 11.9 Å². The highest BCUT2D eigenvalue weighted by Crippen LogP contribution is 2.56. The summed E-state index contributed by atoms with van der Waals surface area (Å²) in [5.41, 5.74) is 1.19. The van der Waals surface area contributed by atoms with Crippen LogP contribution in [0.4, 0.5) is 16.3 Å². The van der Waals surface area contributed by atoms with Gasteiger partial charge >= 0.3 is 6.03 Å². The first kappa shape index (κ1) is 17.3. The van der Waals surface area contributed by atoms with Crippen molar-refractivity contribution in [3.8, 4) is 0 Å². The molecular weight excluding hydrogens is 340 g/mol. The number of pyridine rings is 1. The maximum Gasteiger partial charge on any atom is 0.322 e. The van der Waals surface area contributed by atoms with E-state index in [2.05, 4.69) is 20.1 Å².